The molecule has 0 radical (unpaired) electrons. The van der Waals surface area contributed by atoms with Gasteiger partial charge in [0.15, 0.2) is 0 Å². The van der Waals surface area contributed by atoms with Crippen molar-refractivity contribution in [2.45, 2.75) is 19.5 Å². The fourth-order valence-electron chi connectivity index (χ4n) is 2.77. The number of carbonyl (C=O) groups excluding carboxylic acids is 1. The Morgan fingerprint density at radius 1 is 1.32 bits per heavy atom. The monoisotopic (exact) mass is 338 g/mol. The summed E-state index contributed by atoms with van der Waals surface area (Å²) in [5, 5.41) is 3.31. The summed E-state index contributed by atoms with van der Waals surface area (Å²) in [6, 6.07) is 5.16. The van der Waals surface area contributed by atoms with Crippen LogP contribution < -0.4 is 10.9 Å². The van der Waals surface area contributed by atoms with Gasteiger partial charge in [0.05, 0.1) is 11.4 Å². The van der Waals surface area contributed by atoms with E-state index >= 15 is 0 Å². The molecule has 2 atom stereocenters. The minimum Gasteiger partial charge on any atom is -0.321 e. The van der Waals surface area contributed by atoms with Crippen molar-refractivity contribution in [3.63, 3.8) is 0 Å². The van der Waals surface area contributed by atoms with Crippen LogP contribution in [0.1, 0.15) is 12.0 Å². The lowest BCUT2D eigenvalue weighted by Crippen LogP contribution is -2.16. The quantitative estimate of drug-likeness (QED) is 0.768. The van der Waals surface area contributed by atoms with Gasteiger partial charge < -0.3 is 10.3 Å². The lowest BCUT2D eigenvalue weighted by atomic mass is 10.0. The molecule has 3 aromatic heterocycles. The zero-order valence-electron chi connectivity index (χ0n) is 13.4. The second-order valence-electron chi connectivity index (χ2n) is 6.21. The van der Waals surface area contributed by atoms with Crippen molar-refractivity contribution in [1.29, 1.82) is 0 Å². The molecule has 1 fully saturated rings. The number of rotatable bonds is 3. The van der Waals surface area contributed by atoms with E-state index in [-0.39, 0.29) is 23.7 Å². The summed E-state index contributed by atoms with van der Waals surface area (Å²) in [4.78, 5) is 35.3. The van der Waals surface area contributed by atoms with Gasteiger partial charge in [-0.15, -0.1) is 0 Å². The van der Waals surface area contributed by atoms with Gasteiger partial charge in [0.2, 0.25) is 5.91 Å². The van der Waals surface area contributed by atoms with Crippen LogP contribution in [0.4, 0.5) is 10.2 Å². The minimum atomic E-state index is -1.06. The highest BCUT2D eigenvalue weighted by molar-refractivity contribution is 5.95. The number of pyridine rings is 3. The Morgan fingerprint density at radius 3 is 2.84 bits per heavy atom. The molecule has 0 unspecified atom stereocenters. The number of H-pyrrole nitrogens is 1. The summed E-state index contributed by atoms with van der Waals surface area (Å²) in [5.74, 6) is -0.686. The number of halogens is 1. The number of fused-ring (bicyclic) bond motifs is 1. The molecule has 6 nitrogen and oxygen atoms in total. The number of aryl methyl sites for hydroxylation is 1. The average Bonchev–Trinajstić information content (AvgIpc) is 3.32. The van der Waals surface area contributed by atoms with Gasteiger partial charge in [-0.2, -0.15) is 0 Å². The van der Waals surface area contributed by atoms with Crippen molar-refractivity contribution in [2.75, 3.05) is 5.32 Å². The molecule has 1 aliphatic carbocycles. The van der Waals surface area contributed by atoms with E-state index in [1.54, 1.807) is 30.7 Å². The normalized spacial score (nSPS) is 19.0. The highest BCUT2D eigenvalue weighted by Crippen LogP contribution is 2.34. The Kier molecular flexibility index (Phi) is 3.56. The number of hydrogen-bond acceptors (Lipinski definition) is 4. The molecule has 0 spiro atoms. The van der Waals surface area contributed by atoms with Gasteiger partial charge >= 0.3 is 0 Å². The first-order chi connectivity index (χ1) is 12.0. The zero-order chi connectivity index (χ0) is 17.6. The number of carbonyl (C=O) groups is 1. The molecular formula is C18H15FN4O2. The maximum atomic E-state index is 12.9. The minimum absolute atomic E-state index is 0.252. The summed E-state index contributed by atoms with van der Waals surface area (Å²) in [7, 11) is 0. The fourth-order valence-corrected chi connectivity index (χ4v) is 2.77. The molecule has 7 heteroatoms. The lowest BCUT2D eigenvalue weighted by Gasteiger charge is -2.08. The summed E-state index contributed by atoms with van der Waals surface area (Å²) >= 11 is 0. The van der Waals surface area contributed by atoms with Crippen molar-refractivity contribution in [1.82, 2.24) is 15.0 Å². The Balaban J connectivity index is 1.71. The smallest absolute Gasteiger partial charge is 0.256 e. The maximum Gasteiger partial charge on any atom is 0.256 e. The molecule has 3 heterocycles. The molecule has 1 saturated carbocycles. The van der Waals surface area contributed by atoms with Crippen molar-refractivity contribution in [3.8, 4) is 11.1 Å². The molecule has 0 saturated heterocycles. The number of alkyl halides is 1. The highest BCUT2D eigenvalue weighted by atomic mass is 19.1. The molecular weight excluding hydrogens is 323 g/mol. The number of aromatic amines is 1. The van der Waals surface area contributed by atoms with Gasteiger partial charge in [0.1, 0.15) is 12.0 Å². The SMILES string of the molecule is Cc1ccncc1-c1cc2cnc(NC(=O)[C@@H]3C[C@@H]3F)cc2[nH]c1=O. The number of amides is 1. The van der Waals surface area contributed by atoms with Gasteiger partial charge in [0.25, 0.3) is 5.56 Å². The Bertz CT molecular complexity index is 1050. The van der Waals surface area contributed by atoms with Crippen LogP contribution in [0.5, 0.6) is 0 Å². The third kappa shape index (κ3) is 2.88. The number of nitrogens with zero attached hydrogens (tertiary/aromatic N) is 2. The topological polar surface area (TPSA) is 87.7 Å². The van der Waals surface area contributed by atoms with Crippen molar-refractivity contribution < 1.29 is 9.18 Å². The summed E-state index contributed by atoms with van der Waals surface area (Å²) in [6.07, 6.45) is 4.08. The molecule has 1 amide bonds. The standard InChI is InChI=1S/C18H15FN4O2/c1-9-2-3-20-8-13(9)11-4-10-7-21-16(6-15(10)22-17(11)24)23-18(25)12-5-14(12)19/h2-4,6-8,12,14H,5H2,1H3,(H,22,24)(H,21,23,25)/t12-,14+/m1/s1. The highest BCUT2D eigenvalue weighted by Gasteiger charge is 2.43. The van der Waals surface area contributed by atoms with Crippen LogP contribution in [-0.2, 0) is 4.79 Å². The Hall–Kier alpha value is -3.09. The van der Waals surface area contributed by atoms with Crippen molar-refractivity contribution >= 4 is 22.6 Å². The van der Waals surface area contributed by atoms with E-state index in [0.717, 1.165) is 16.5 Å². The van der Waals surface area contributed by atoms with Gasteiger partial charge in [-0.3, -0.25) is 14.6 Å². The fraction of sp³-hybridized carbons (Fsp3) is 0.222. The van der Waals surface area contributed by atoms with E-state index in [9.17, 15) is 14.0 Å². The first-order valence-electron chi connectivity index (χ1n) is 7.92. The molecule has 4 rings (SSSR count). The van der Waals surface area contributed by atoms with E-state index in [4.69, 9.17) is 0 Å². The second-order valence-corrected chi connectivity index (χ2v) is 6.21. The molecule has 1 aliphatic rings. The Labute approximate surface area is 142 Å². The first kappa shape index (κ1) is 15.4. The summed E-state index contributed by atoms with van der Waals surface area (Å²) in [6.45, 7) is 1.91. The van der Waals surface area contributed by atoms with Gasteiger partial charge in [-0.25, -0.2) is 9.37 Å². The predicted octanol–water partition coefficient (Wildman–Crippen LogP) is 2.59. The molecule has 126 valence electrons. The maximum absolute atomic E-state index is 12.9. The van der Waals surface area contributed by atoms with Crippen LogP contribution in [0.15, 0.2) is 41.6 Å². The number of hydrogen-bond donors (Lipinski definition) is 2. The molecule has 2 N–H and O–H groups in total. The summed E-state index contributed by atoms with van der Waals surface area (Å²) in [5.41, 5.74) is 2.51. The van der Waals surface area contributed by atoms with Crippen molar-refractivity contribution in [3.05, 3.63) is 52.7 Å². The van der Waals surface area contributed by atoms with E-state index in [0.29, 0.717) is 11.1 Å². The van der Waals surface area contributed by atoms with Crippen LogP contribution in [0, 0.1) is 12.8 Å². The number of aromatic nitrogens is 3. The lowest BCUT2D eigenvalue weighted by molar-refractivity contribution is -0.117. The Morgan fingerprint density at radius 2 is 2.12 bits per heavy atom. The predicted molar refractivity (Wildman–Crippen MR) is 92.0 cm³/mol. The second kappa shape index (κ2) is 5.77. The van der Waals surface area contributed by atoms with Gasteiger partial charge in [-0.05, 0) is 31.0 Å². The largest absolute Gasteiger partial charge is 0.321 e. The van der Waals surface area contributed by atoms with Crippen LogP contribution in [0.25, 0.3) is 22.0 Å². The molecule has 0 bridgehead atoms. The third-order valence-electron chi connectivity index (χ3n) is 4.36. The van der Waals surface area contributed by atoms with Crippen LogP contribution in [0.2, 0.25) is 0 Å². The average molecular weight is 338 g/mol. The van der Waals surface area contributed by atoms with E-state index < -0.39 is 12.1 Å². The molecule has 0 aromatic carbocycles. The zero-order valence-corrected chi connectivity index (χ0v) is 13.4. The number of anilines is 1. The van der Waals surface area contributed by atoms with Crippen LogP contribution >= 0.6 is 0 Å². The van der Waals surface area contributed by atoms with Gasteiger partial charge in [-0.1, -0.05) is 0 Å². The van der Waals surface area contributed by atoms with Crippen molar-refractivity contribution in [2.24, 2.45) is 5.92 Å². The van der Waals surface area contributed by atoms with E-state index in [2.05, 4.69) is 20.3 Å². The third-order valence-corrected chi connectivity index (χ3v) is 4.36. The molecule has 25 heavy (non-hydrogen) atoms. The van der Waals surface area contributed by atoms with E-state index in [1.165, 1.54) is 0 Å². The first-order valence-corrected chi connectivity index (χ1v) is 7.92. The molecule has 3 aromatic rings. The van der Waals surface area contributed by atoms with E-state index in [1.807, 2.05) is 13.0 Å². The van der Waals surface area contributed by atoms with Crippen LogP contribution in [0.3, 0.4) is 0 Å². The summed E-state index contributed by atoms with van der Waals surface area (Å²) < 4.78 is 12.9. The van der Waals surface area contributed by atoms with Crippen LogP contribution in [-0.4, -0.2) is 27.0 Å². The van der Waals surface area contributed by atoms with Gasteiger partial charge in [0, 0.05) is 41.2 Å². The molecule has 0 aliphatic heterocycles. The number of nitrogens with one attached hydrogen (secondary N) is 2.